The van der Waals surface area contributed by atoms with E-state index in [1.54, 1.807) is 22.2 Å². The SMILES string of the molecule is CN(C)CCn1cnc2sc3c(c2c1=O)CCN(C(=O)c1ccc(C(C)(C)C)cc1)C3. The third-order valence-electron chi connectivity index (χ3n) is 5.90. The van der Waals surface area contributed by atoms with Crippen LogP contribution < -0.4 is 5.56 Å². The predicted octanol–water partition coefficient (Wildman–Crippen LogP) is 3.52. The molecule has 3 aromatic rings. The summed E-state index contributed by atoms with van der Waals surface area (Å²) < 4.78 is 1.70. The molecule has 0 saturated carbocycles. The number of hydrogen-bond acceptors (Lipinski definition) is 5. The maximum atomic E-state index is 13.1. The first kappa shape index (κ1) is 21.7. The van der Waals surface area contributed by atoms with Crippen molar-refractivity contribution in [1.82, 2.24) is 19.4 Å². The highest BCUT2D eigenvalue weighted by atomic mass is 32.1. The summed E-state index contributed by atoms with van der Waals surface area (Å²) in [6, 6.07) is 7.94. The molecule has 6 nitrogen and oxygen atoms in total. The molecular formula is C24H30N4O2S. The minimum absolute atomic E-state index is 0.0295. The van der Waals surface area contributed by atoms with Gasteiger partial charge in [0.2, 0.25) is 0 Å². The van der Waals surface area contributed by atoms with Gasteiger partial charge in [-0.3, -0.25) is 14.2 Å². The van der Waals surface area contributed by atoms with Gasteiger partial charge in [0.1, 0.15) is 4.83 Å². The van der Waals surface area contributed by atoms with Crippen molar-refractivity contribution < 1.29 is 4.79 Å². The van der Waals surface area contributed by atoms with Crippen molar-refractivity contribution in [2.24, 2.45) is 0 Å². The van der Waals surface area contributed by atoms with Gasteiger partial charge < -0.3 is 9.80 Å². The van der Waals surface area contributed by atoms with Crippen LogP contribution in [0.1, 0.15) is 47.1 Å². The van der Waals surface area contributed by atoms with E-state index in [0.29, 0.717) is 31.6 Å². The summed E-state index contributed by atoms with van der Waals surface area (Å²) in [6.07, 6.45) is 2.34. The van der Waals surface area contributed by atoms with E-state index in [1.165, 1.54) is 5.56 Å². The number of hydrogen-bond donors (Lipinski definition) is 0. The highest BCUT2D eigenvalue weighted by Gasteiger charge is 2.27. The van der Waals surface area contributed by atoms with Crippen molar-refractivity contribution >= 4 is 27.5 Å². The van der Waals surface area contributed by atoms with Gasteiger partial charge in [0.25, 0.3) is 11.5 Å². The van der Waals surface area contributed by atoms with Gasteiger partial charge in [0, 0.05) is 30.1 Å². The number of benzene rings is 1. The lowest BCUT2D eigenvalue weighted by atomic mass is 9.86. The number of carbonyl (C=O) groups is 1. The van der Waals surface area contributed by atoms with Crippen molar-refractivity contribution in [2.75, 3.05) is 27.2 Å². The fraction of sp³-hybridized carbons (Fsp3) is 0.458. The van der Waals surface area contributed by atoms with Crippen molar-refractivity contribution in [2.45, 2.75) is 45.7 Å². The summed E-state index contributed by atoms with van der Waals surface area (Å²) in [6.45, 7) is 9.06. The molecule has 164 valence electrons. The minimum Gasteiger partial charge on any atom is -0.333 e. The molecule has 31 heavy (non-hydrogen) atoms. The first-order valence-corrected chi connectivity index (χ1v) is 11.5. The van der Waals surface area contributed by atoms with Crippen LogP contribution in [0.3, 0.4) is 0 Å². The first-order valence-electron chi connectivity index (χ1n) is 10.7. The van der Waals surface area contributed by atoms with Crippen molar-refractivity contribution in [3.63, 3.8) is 0 Å². The molecule has 1 aromatic carbocycles. The monoisotopic (exact) mass is 438 g/mol. The highest BCUT2D eigenvalue weighted by molar-refractivity contribution is 7.18. The van der Waals surface area contributed by atoms with E-state index in [2.05, 4.69) is 30.7 Å². The van der Waals surface area contributed by atoms with Crippen LogP contribution in [-0.2, 0) is 24.9 Å². The number of fused-ring (bicyclic) bond motifs is 3. The largest absolute Gasteiger partial charge is 0.333 e. The van der Waals surface area contributed by atoms with E-state index in [4.69, 9.17) is 0 Å². The summed E-state index contributed by atoms with van der Waals surface area (Å²) >= 11 is 1.54. The molecule has 7 heteroatoms. The average Bonchev–Trinajstić information content (AvgIpc) is 3.10. The normalized spacial score (nSPS) is 14.3. The Balaban J connectivity index is 1.58. The van der Waals surface area contributed by atoms with Gasteiger partial charge in [0.15, 0.2) is 0 Å². The zero-order valence-corrected chi connectivity index (χ0v) is 19.8. The number of amides is 1. The Morgan fingerprint density at radius 1 is 1.19 bits per heavy atom. The molecule has 0 radical (unpaired) electrons. The Hall–Kier alpha value is -2.51. The van der Waals surface area contributed by atoms with Crippen LogP contribution in [0.2, 0.25) is 0 Å². The molecule has 1 amide bonds. The molecule has 4 rings (SSSR count). The maximum Gasteiger partial charge on any atom is 0.262 e. The predicted molar refractivity (Wildman–Crippen MR) is 126 cm³/mol. The highest BCUT2D eigenvalue weighted by Crippen LogP contribution is 2.33. The second-order valence-electron chi connectivity index (χ2n) is 9.53. The fourth-order valence-electron chi connectivity index (χ4n) is 3.95. The Morgan fingerprint density at radius 2 is 1.90 bits per heavy atom. The van der Waals surface area contributed by atoms with Gasteiger partial charge in [-0.05, 0) is 49.2 Å². The van der Waals surface area contributed by atoms with Crippen LogP contribution in [0.15, 0.2) is 35.4 Å². The van der Waals surface area contributed by atoms with Crippen LogP contribution in [0.25, 0.3) is 10.2 Å². The third kappa shape index (κ3) is 4.29. The van der Waals surface area contributed by atoms with Crippen molar-refractivity contribution in [1.29, 1.82) is 0 Å². The van der Waals surface area contributed by atoms with E-state index in [1.807, 2.05) is 43.3 Å². The summed E-state index contributed by atoms with van der Waals surface area (Å²) in [4.78, 5) is 36.5. The van der Waals surface area contributed by atoms with Crippen LogP contribution >= 0.6 is 11.3 Å². The molecule has 0 fully saturated rings. The number of aromatic nitrogens is 2. The van der Waals surface area contributed by atoms with E-state index < -0.39 is 0 Å². The summed E-state index contributed by atoms with van der Waals surface area (Å²) in [7, 11) is 3.98. The Bertz CT molecular complexity index is 1170. The zero-order chi connectivity index (χ0) is 22.3. The first-order chi connectivity index (χ1) is 14.6. The fourth-order valence-corrected chi connectivity index (χ4v) is 5.15. The number of thiophene rings is 1. The summed E-state index contributed by atoms with van der Waals surface area (Å²) in [5.41, 5.74) is 3.09. The van der Waals surface area contributed by atoms with Crippen LogP contribution in [0.5, 0.6) is 0 Å². The molecule has 0 N–H and O–H groups in total. The van der Waals surface area contributed by atoms with Gasteiger partial charge >= 0.3 is 0 Å². The van der Waals surface area contributed by atoms with Crippen molar-refractivity contribution in [3.05, 3.63) is 62.5 Å². The van der Waals surface area contributed by atoms with Crippen LogP contribution in [-0.4, -0.2) is 52.4 Å². The van der Waals surface area contributed by atoms with E-state index in [9.17, 15) is 9.59 Å². The van der Waals surface area contributed by atoms with Gasteiger partial charge in [0.05, 0.1) is 18.3 Å². The molecular weight excluding hydrogens is 408 g/mol. The number of carbonyl (C=O) groups excluding carboxylic acids is 1. The lowest BCUT2D eigenvalue weighted by Gasteiger charge is -2.27. The van der Waals surface area contributed by atoms with Gasteiger partial charge in [-0.25, -0.2) is 4.98 Å². The molecule has 1 aliphatic heterocycles. The molecule has 0 saturated heterocycles. The third-order valence-corrected chi connectivity index (χ3v) is 7.03. The van der Waals surface area contributed by atoms with E-state index >= 15 is 0 Å². The number of likely N-dealkylation sites (N-methyl/N-ethyl adjacent to an activating group) is 1. The lowest BCUT2D eigenvalue weighted by molar-refractivity contribution is 0.0737. The molecule has 0 bridgehead atoms. The Labute approximate surface area is 187 Å². The van der Waals surface area contributed by atoms with Gasteiger partial charge in [-0.2, -0.15) is 0 Å². The van der Waals surface area contributed by atoms with Gasteiger partial charge in [-0.15, -0.1) is 11.3 Å². The summed E-state index contributed by atoms with van der Waals surface area (Å²) in [5.74, 6) is 0.0416. The molecule has 3 heterocycles. The second kappa shape index (κ2) is 8.20. The average molecular weight is 439 g/mol. The topological polar surface area (TPSA) is 58.4 Å². The smallest absolute Gasteiger partial charge is 0.262 e. The van der Waals surface area contributed by atoms with E-state index in [0.717, 1.165) is 27.2 Å². The second-order valence-corrected chi connectivity index (χ2v) is 10.6. The molecule has 1 aliphatic rings. The minimum atomic E-state index is 0.0295. The van der Waals surface area contributed by atoms with Gasteiger partial charge in [-0.1, -0.05) is 32.9 Å². The summed E-state index contributed by atoms with van der Waals surface area (Å²) in [5, 5.41) is 0.739. The number of rotatable bonds is 4. The van der Waals surface area contributed by atoms with E-state index in [-0.39, 0.29) is 16.9 Å². The van der Waals surface area contributed by atoms with Crippen LogP contribution in [0, 0.1) is 0 Å². The molecule has 0 atom stereocenters. The zero-order valence-electron chi connectivity index (χ0n) is 18.9. The maximum absolute atomic E-state index is 13.1. The van der Waals surface area contributed by atoms with Crippen molar-refractivity contribution in [3.8, 4) is 0 Å². The van der Waals surface area contributed by atoms with Crippen LogP contribution in [0.4, 0.5) is 0 Å². The quantitative estimate of drug-likeness (QED) is 0.625. The molecule has 0 unspecified atom stereocenters. The molecule has 0 aliphatic carbocycles. The molecule has 0 spiro atoms. The lowest BCUT2D eigenvalue weighted by Crippen LogP contribution is -2.35. The standard InChI is InChI=1S/C24H30N4O2S/c1-24(2,3)17-8-6-16(7-9-17)22(29)27-11-10-18-19(14-27)31-21-20(18)23(30)28(15-25-21)13-12-26(4)5/h6-9,15H,10-14H2,1-5H3. The molecule has 2 aromatic heterocycles. The Kier molecular flexibility index (Phi) is 5.75. The Morgan fingerprint density at radius 3 is 2.55 bits per heavy atom. The number of nitrogens with zero attached hydrogens (tertiary/aromatic N) is 4.